The van der Waals surface area contributed by atoms with Gasteiger partial charge in [-0.15, -0.1) is 0 Å². The third-order valence-electron chi connectivity index (χ3n) is 9.80. The first-order chi connectivity index (χ1) is 23.6. The Labute approximate surface area is 286 Å². The molecule has 0 saturated carbocycles. The van der Waals surface area contributed by atoms with E-state index in [4.69, 9.17) is 0 Å². The molecule has 2 nitrogen and oxygen atoms in total. The van der Waals surface area contributed by atoms with Crippen LogP contribution in [0.25, 0.3) is 22.4 Å². The number of fused-ring (bicyclic) bond motifs is 2. The lowest BCUT2D eigenvalue weighted by molar-refractivity contribution is 0.723. The first-order valence-electron chi connectivity index (χ1n) is 17.3. The highest BCUT2D eigenvalue weighted by Gasteiger charge is 2.25. The van der Waals surface area contributed by atoms with Crippen molar-refractivity contribution in [1.82, 2.24) is 0 Å². The quantitative estimate of drug-likeness (QED) is 0.171. The van der Waals surface area contributed by atoms with Crippen LogP contribution in [0, 0.1) is 13.8 Å². The second-order valence-electron chi connectivity index (χ2n) is 12.9. The molecule has 2 heteroatoms. The van der Waals surface area contributed by atoms with Gasteiger partial charge in [0.15, 0.2) is 0 Å². The molecule has 0 amide bonds. The maximum atomic E-state index is 3.83. The Hall–Kier alpha value is -5.34. The molecule has 0 aliphatic heterocycles. The normalized spacial score (nSPS) is 17.1. The zero-order chi connectivity index (χ0) is 32.9. The molecule has 0 N–H and O–H groups in total. The van der Waals surface area contributed by atoms with Gasteiger partial charge in [0.1, 0.15) is 0 Å². The maximum absolute atomic E-state index is 3.83. The van der Waals surface area contributed by atoms with Gasteiger partial charge in [0.2, 0.25) is 0 Å². The number of aryl methyl sites for hydroxylation is 2. The molecule has 48 heavy (non-hydrogen) atoms. The smallest absolute Gasteiger partial charge is 0.0557 e. The summed E-state index contributed by atoms with van der Waals surface area (Å²) in [5, 5.41) is 2.60. The summed E-state index contributed by atoms with van der Waals surface area (Å²) in [6.45, 7) is 8.30. The van der Waals surface area contributed by atoms with Crippen molar-refractivity contribution in [2.75, 3.05) is 9.80 Å². The van der Waals surface area contributed by atoms with E-state index in [1.54, 1.807) is 0 Å². The van der Waals surface area contributed by atoms with Gasteiger partial charge in [-0.25, -0.2) is 0 Å². The lowest BCUT2D eigenvalue weighted by Crippen LogP contribution is -2.34. The van der Waals surface area contributed by atoms with Crippen molar-refractivity contribution in [3.05, 3.63) is 186 Å². The summed E-state index contributed by atoms with van der Waals surface area (Å²) < 4.78 is 0. The standard InChI is InChI=1S/C46H44N2/c1-4-5-6-14-33-47(45-34(2)21-23-38-15-10-12-19-43(38)45)40-29-25-36(26-30-40)37-27-31-42(32-28-37)48(41-17-8-7-9-18-41)46-35(3)22-24-39-16-11-13-20-44(39)46/h4-11,13-17,20-27,29-31,33,41H,1,12,18-19,28,32H2,2-3H3/b6-5-,33-14+. The SMILES string of the molecule is C=C/C=C\C=C\N(c1ccc(C2=CC=C(N(c3c(C)ccc4ccccc34)C3C=CC=CC3)CC2)cc1)c1c(C)ccc2c1CCC=C2. The highest BCUT2D eigenvalue weighted by molar-refractivity contribution is 5.97. The van der Waals surface area contributed by atoms with Crippen molar-refractivity contribution >= 4 is 39.5 Å². The molecule has 0 aromatic heterocycles. The van der Waals surface area contributed by atoms with Crippen LogP contribution in [0.2, 0.25) is 0 Å². The molecule has 0 fully saturated rings. The Morgan fingerprint density at radius 3 is 2.38 bits per heavy atom. The summed E-state index contributed by atoms with van der Waals surface area (Å²) in [4.78, 5) is 4.96. The summed E-state index contributed by atoms with van der Waals surface area (Å²) in [5.74, 6) is 0. The molecule has 3 aliphatic carbocycles. The van der Waals surface area contributed by atoms with Crippen molar-refractivity contribution in [3.8, 4) is 0 Å². The van der Waals surface area contributed by atoms with E-state index in [0.717, 1.165) is 37.8 Å². The van der Waals surface area contributed by atoms with Crippen LogP contribution in [0.3, 0.4) is 0 Å². The largest absolute Gasteiger partial charge is 0.337 e. The van der Waals surface area contributed by atoms with E-state index in [1.165, 1.54) is 61.2 Å². The van der Waals surface area contributed by atoms with Crippen molar-refractivity contribution < 1.29 is 0 Å². The van der Waals surface area contributed by atoms with Crippen LogP contribution in [-0.2, 0) is 6.42 Å². The molecular formula is C46H44N2. The van der Waals surface area contributed by atoms with E-state index in [0.29, 0.717) is 6.04 Å². The molecule has 1 unspecified atom stereocenters. The highest BCUT2D eigenvalue weighted by Crippen LogP contribution is 2.41. The van der Waals surface area contributed by atoms with Crippen molar-refractivity contribution in [1.29, 1.82) is 0 Å². The average Bonchev–Trinajstić information content (AvgIpc) is 3.14. The number of hydrogen-bond acceptors (Lipinski definition) is 2. The van der Waals surface area contributed by atoms with Crippen LogP contribution in [0.1, 0.15) is 53.5 Å². The van der Waals surface area contributed by atoms with Crippen molar-refractivity contribution in [2.45, 2.75) is 52.0 Å². The maximum Gasteiger partial charge on any atom is 0.0557 e. The van der Waals surface area contributed by atoms with Gasteiger partial charge in [0, 0.05) is 23.0 Å². The minimum atomic E-state index is 0.294. The Bertz CT molecular complexity index is 2040. The third-order valence-corrected chi connectivity index (χ3v) is 9.80. The van der Waals surface area contributed by atoms with Gasteiger partial charge >= 0.3 is 0 Å². The molecule has 4 aromatic rings. The van der Waals surface area contributed by atoms with Gasteiger partial charge in [0.05, 0.1) is 17.4 Å². The fourth-order valence-corrected chi connectivity index (χ4v) is 7.40. The van der Waals surface area contributed by atoms with Crippen molar-refractivity contribution in [2.24, 2.45) is 0 Å². The molecule has 0 spiro atoms. The highest BCUT2D eigenvalue weighted by atomic mass is 15.2. The number of nitrogens with zero attached hydrogens (tertiary/aromatic N) is 2. The molecule has 0 radical (unpaired) electrons. The predicted molar refractivity (Wildman–Crippen MR) is 209 cm³/mol. The van der Waals surface area contributed by atoms with Crippen LogP contribution < -0.4 is 9.80 Å². The number of rotatable bonds is 9. The number of anilines is 3. The lowest BCUT2D eigenvalue weighted by atomic mass is 9.91. The summed E-state index contributed by atoms with van der Waals surface area (Å²) in [7, 11) is 0. The minimum Gasteiger partial charge on any atom is -0.337 e. The third kappa shape index (κ3) is 6.31. The minimum absolute atomic E-state index is 0.294. The fraction of sp³-hybridized carbons (Fsp3) is 0.174. The van der Waals surface area contributed by atoms with E-state index in [1.807, 2.05) is 18.2 Å². The zero-order valence-electron chi connectivity index (χ0n) is 28.1. The summed E-state index contributed by atoms with van der Waals surface area (Å²) in [5.41, 5.74) is 13.2. The summed E-state index contributed by atoms with van der Waals surface area (Å²) in [6, 6.07) is 27.3. The van der Waals surface area contributed by atoms with E-state index < -0.39 is 0 Å². The molecular weight excluding hydrogens is 581 g/mol. The molecule has 238 valence electrons. The lowest BCUT2D eigenvalue weighted by Gasteiger charge is -2.37. The molecule has 7 rings (SSSR count). The van der Waals surface area contributed by atoms with E-state index in [-0.39, 0.29) is 0 Å². The van der Waals surface area contributed by atoms with Gasteiger partial charge in [-0.1, -0.05) is 128 Å². The number of hydrogen-bond donors (Lipinski definition) is 0. The van der Waals surface area contributed by atoms with Gasteiger partial charge in [-0.3, -0.25) is 0 Å². The van der Waals surface area contributed by atoms with E-state index >= 15 is 0 Å². The van der Waals surface area contributed by atoms with Crippen LogP contribution in [0.4, 0.5) is 17.1 Å². The Balaban J connectivity index is 1.22. The monoisotopic (exact) mass is 624 g/mol. The number of benzene rings is 4. The van der Waals surface area contributed by atoms with Crippen LogP contribution >= 0.6 is 0 Å². The second-order valence-corrected chi connectivity index (χ2v) is 12.9. The summed E-state index contributed by atoms with van der Waals surface area (Å²) in [6.07, 6.45) is 33.5. The van der Waals surface area contributed by atoms with Crippen LogP contribution in [-0.4, -0.2) is 6.04 Å². The zero-order valence-corrected chi connectivity index (χ0v) is 28.1. The Morgan fingerprint density at radius 2 is 1.58 bits per heavy atom. The molecule has 0 saturated heterocycles. The second kappa shape index (κ2) is 14.2. The Morgan fingerprint density at radius 1 is 0.750 bits per heavy atom. The van der Waals surface area contributed by atoms with Gasteiger partial charge < -0.3 is 9.80 Å². The Kier molecular flexibility index (Phi) is 9.25. The van der Waals surface area contributed by atoms with E-state index in [9.17, 15) is 0 Å². The topological polar surface area (TPSA) is 6.48 Å². The average molecular weight is 625 g/mol. The summed E-state index contributed by atoms with van der Waals surface area (Å²) >= 11 is 0. The number of allylic oxidation sites excluding steroid dienone is 11. The first-order valence-corrected chi connectivity index (χ1v) is 17.3. The molecule has 3 aliphatic rings. The van der Waals surface area contributed by atoms with E-state index in [2.05, 4.69) is 164 Å². The van der Waals surface area contributed by atoms with Crippen molar-refractivity contribution in [3.63, 3.8) is 0 Å². The van der Waals surface area contributed by atoms with Crippen LogP contribution in [0.5, 0.6) is 0 Å². The first kappa shape index (κ1) is 31.3. The van der Waals surface area contributed by atoms with Crippen LogP contribution in [0.15, 0.2) is 158 Å². The van der Waals surface area contributed by atoms with Gasteiger partial charge in [-0.05, 0) is 109 Å². The molecule has 1 atom stereocenters. The van der Waals surface area contributed by atoms with Gasteiger partial charge in [0.25, 0.3) is 0 Å². The molecule has 0 heterocycles. The fourth-order valence-electron chi connectivity index (χ4n) is 7.40. The van der Waals surface area contributed by atoms with Gasteiger partial charge in [-0.2, -0.15) is 0 Å². The predicted octanol–water partition coefficient (Wildman–Crippen LogP) is 12.3. The molecule has 0 bridgehead atoms. The molecule has 4 aromatic carbocycles.